The van der Waals surface area contributed by atoms with Crippen LogP contribution in [0, 0.1) is 0 Å². The summed E-state index contributed by atoms with van der Waals surface area (Å²) in [5, 5.41) is 9.45. The molecule has 4 nitrogen and oxygen atoms in total. The lowest BCUT2D eigenvalue weighted by molar-refractivity contribution is 0.195. The van der Waals surface area contributed by atoms with Crippen molar-refractivity contribution < 1.29 is 5.11 Å². The van der Waals surface area contributed by atoms with Gasteiger partial charge in [-0.15, -0.1) is 0 Å². The quantitative estimate of drug-likeness (QED) is 0.679. The smallest absolute Gasteiger partial charge is 0.132 e. The molecule has 2 heterocycles. The molecule has 0 saturated carbocycles. The number of β-amino-alcohol motifs (C(OH)–C–C–N with tert-alkyl or cyclic N) is 1. The van der Waals surface area contributed by atoms with E-state index >= 15 is 0 Å². The van der Waals surface area contributed by atoms with Crippen LogP contribution in [0.4, 0.5) is 5.82 Å². The second-order valence-corrected chi connectivity index (χ2v) is 3.46. The Morgan fingerprint density at radius 3 is 3.00 bits per heavy atom. The number of rotatable bonds is 1. The normalized spacial score (nSPS) is 28.0. The molecule has 13 heavy (non-hydrogen) atoms. The molecule has 1 aliphatic heterocycles. The van der Waals surface area contributed by atoms with Gasteiger partial charge in [0.15, 0.2) is 0 Å². The third kappa shape index (κ3) is 1.62. The van der Waals surface area contributed by atoms with E-state index in [1.807, 2.05) is 6.07 Å². The summed E-state index contributed by atoms with van der Waals surface area (Å²) in [6.45, 7) is 2.77. The molecular formula is C9H13N3O. The van der Waals surface area contributed by atoms with Crippen molar-refractivity contribution in [1.82, 2.24) is 9.97 Å². The highest BCUT2D eigenvalue weighted by Gasteiger charge is 2.28. The SMILES string of the molecule is CC1C[C@@H](O)CN1c1ccncn1. The van der Waals surface area contributed by atoms with Crippen molar-refractivity contribution in [2.45, 2.75) is 25.5 Å². The fraction of sp³-hybridized carbons (Fsp3) is 0.556. The molecule has 1 fully saturated rings. The predicted molar refractivity (Wildman–Crippen MR) is 49.5 cm³/mol. The Morgan fingerprint density at radius 1 is 1.62 bits per heavy atom. The van der Waals surface area contributed by atoms with Gasteiger partial charge in [0.25, 0.3) is 0 Å². The van der Waals surface area contributed by atoms with Crippen molar-refractivity contribution in [2.75, 3.05) is 11.4 Å². The van der Waals surface area contributed by atoms with Crippen LogP contribution in [0.15, 0.2) is 18.6 Å². The average molecular weight is 179 g/mol. The number of nitrogens with zero attached hydrogens (tertiary/aromatic N) is 3. The highest BCUT2D eigenvalue weighted by Crippen LogP contribution is 2.22. The van der Waals surface area contributed by atoms with E-state index in [4.69, 9.17) is 0 Å². The maximum atomic E-state index is 9.45. The van der Waals surface area contributed by atoms with Gasteiger partial charge in [-0.2, -0.15) is 0 Å². The Kier molecular flexibility index (Phi) is 2.14. The first-order valence-electron chi connectivity index (χ1n) is 4.48. The van der Waals surface area contributed by atoms with Gasteiger partial charge < -0.3 is 10.0 Å². The van der Waals surface area contributed by atoms with Crippen LogP contribution >= 0.6 is 0 Å². The third-order valence-electron chi connectivity index (χ3n) is 2.41. The maximum absolute atomic E-state index is 9.45. The molecule has 1 aromatic heterocycles. The summed E-state index contributed by atoms with van der Waals surface area (Å²) >= 11 is 0. The second-order valence-electron chi connectivity index (χ2n) is 3.46. The van der Waals surface area contributed by atoms with E-state index in [0.717, 1.165) is 12.2 Å². The molecule has 70 valence electrons. The molecule has 4 heteroatoms. The minimum Gasteiger partial charge on any atom is -0.391 e. The zero-order valence-corrected chi connectivity index (χ0v) is 7.59. The molecule has 0 aliphatic carbocycles. The summed E-state index contributed by atoms with van der Waals surface area (Å²) < 4.78 is 0. The van der Waals surface area contributed by atoms with E-state index in [0.29, 0.717) is 12.6 Å². The van der Waals surface area contributed by atoms with Crippen LogP contribution in [0.2, 0.25) is 0 Å². The van der Waals surface area contributed by atoms with E-state index in [2.05, 4.69) is 21.8 Å². The molecule has 1 saturated heterocycles. The topological polar surface area (TPSA) is 49.2 Å². The van der Waals surface area contributed by atoms with Crippen LogP contribution in [0.25, 0.3) is 0 Å². The highest BCUT2D eigenvalue weighted by atomic mass is 16.3. The molecule has 2 atom stereocenters. The Morgan fingerprint density at radius 2 is 2.46 bits per heavy atom. The Hall–Kier alpha value is -1.16. The van der Waals surface area contributed by atoms with Gasteiger partial charge in [0, 0.05) is 18.8 Å². The van der Waals surface area contributed by atoms with Gasteiger partial charge in [0.05, 0.1) is 6.10 Å². The minimum absolute atomic E-state index is 0.218. The first-order chi connectivity index (χ1) is 6.27. The van der Waals surface area contributed by atoms with Crippen molar-refractivity contribution in [3.63, 3.8) is 0 Å². The van der Waals surface area contributed by atoms with Gasteiger partial charge in [0.2, 0.25) is 0 Å². The predicted octanol–water partition coefficient (Wildman–Crippen LogP) is 0.436. The van der Waals surface area contributed by atoms with Crippen LogP contribution in [0.5, 0.6) is 0 Å². The van der Waals surface area contributed by atoms with Gasteiger partial charge in [0.1, 0.15) is 12.1 Å². The average Bonchev–Trinajstić information content (AvgIpc) is 2.47. The molecule has 0 aromatic carbocycles. The van der Waals surface area contributed by atoms with Crippen molar-refractivity contribution >= 4 is 5.82 Å². The lowest BCUT2D eigenvalue weighted by Gasteiger charge is -2.21. The number of hydrogen-bond donors (Lipinski definition) is 1. The summed E-state index contributed by atoms with van der Waals surface area (Å²) in [6.07, 6.45) is 3.86. The Balaban J connectivity index is 2.18. The molecule has 1 aromatic rings. The fourth-order valence-electron chi connectivity index (χ4n) is 1.78. The van der Waals surface area contributed by atoms with Gasteiger partial charge in [-0.3, -0.25) is 0 Å². The van der Waals surface area contributed by atoms with Crippen molar-refractivity contribution in [3.8, 4) is 0 Å². The van der Waals surface area contributed by atoms with Gasteiger partial charge in [-0.1, -0.05) is 0 Å². The first kappa shape index (κ1) is 8.44. The molecule has 1 aliphatic rings. The molecule has 1 unspecified atom stereocenters. The monoisotopic (exact) mass is 179 g/mol. The Bertz CT molecular complexity index is 277. The van der Waals surface area contributed by atoms with E-state index in [9.17, 15) is 5.11 Å². The lowest BCUT2D eigenvalue weighted by atomic mass is 10.2. The molecule has 0 spiro atoms. The summed E-state index contributed by atoms with van der Waals surface area (Å²) in [5.74, 6) is 0.902. The number of anilines is 1. The van der Waals surface area contributed by atoms with Crippen LogP contribution in [-0.2, 0) is 0 Å². The fourth-order valence-corrected chi connectivity index (χ4v) is 1.78. The summed E-state index contributed by atoms with van der Waals surface area (Å²) in [5.41, 5.74) is 0. The summed E-state index contributed by atoms with van der Waals surface area (Å²) in [4.78, 5) is 10.1. The lowest BCUT2D eigenvalue weighted by Crippen LogP contribution is -2.28. The number of aromatic nitrogens is 2. The van der Waals surface area contributed by atoms with E-state index in [1.165, 1.54) is 6.33 Å². The minimum atomic E-state index is -0.218. The van der Waals surface area contributed by atoms with Crippen molar-refractivity contribution in [3.05, 3.63) is 18.6 Å². The molecular weight excluding hydrogens is 166 g/mol. The standard InChI is InChI=1S/C9H13N3O/c1-7-4-8(13)5-12(7)9-2-3-10-6-11-9/h2-3,6-8,13H,4-5H2,1H3/t7?,8-/m1/s1. The third-order valence-corrected chi connectivity index (χ3v) is 2.41. The molecule has 2 rings (SSSR count). The molecule has 0 bridgehead atoms. The Labute approximate surface area is 77.2 Å². The van der Waals surface area contributed by atoms with Crippen LogP contribution < -0.4 is 4.90 Å². The largest absolute Gasteiger partial charge is 0.391 e. The van der Waals surface area contributed by atoms with Crippen LogP contribution in [-0.4, -0.2) is 33.8 Å². The van der Waals surface area contributed by atoms with Crippen LogP contribution in [0.3, 0.4) is 0 Å². The number of aliphatic hydroxyl groups excluding tert-OH is 1. The van der Waals surface area contributed by atoms with Gasteiger partial charge in [-0.05, 0) is 19.4 Å². The maximum Gasteiger partial charge on any atom is 0.132 e. The number of hydrogen-bond acceptors (Lipinski definition) is 4. The molecule has 1 N–H and O–H groups in total. The van der Waals surface area contributed by atoms with Crippen LogP contribution in [0.1, 0.15) is 13.3 Å². The zero-order chi connectivity index (χ0) is 9.26. The van der Waals surface area contributed by atoms with Gasteiger partial charge in [-0.25, -0.2) is 9.97 Å². The molecule has 0 amide bonds. The van der Waals surface area contributed by atoms with E-state index < -0.39 is 0 Å². The molecule has 0 radical (unpaired) electrons. The van der Waals surface area contributed by atoms with Gasteiger partial charge >= 0.3 is 0 Å². The van der Waals surface area contributed by atoms with E-state index in [-0.39, 0.29) is 6.10 Å². The highest BCUT2D eigenvalue weighted by molar-refractivity contribution is 5.39. The second kappa shape index (κ2) is 3.30. The van der Waals surface area contributed by atoms with Crippen molar-refractivity contribution in [2.24, 2.45) is 0 Å². The zero-order valence-electron chi connectivity index (χ0n) is 7.59. The first-order valence-corrected chi connectivity index (χ1v) is 4.48. The summed E-state index contributed by atoms with van der Waals surface area (Å²) in [6, 6.07) is 2.24. The van der Waals surface area contributed by atoms with E-state index in [1.54, 1.807) is 6.20 Å². The summed E-state index contributed by atoms with van der Waals surface area (Å²) in [7, 11) is 0. The number of aliphatic hydroxyl groups is 1. The van der Waals surface area contributed by atoms with Crippen molar-refractivity contribution in [1.29, 1.82) is 0 Å².